The summed E-state index contributed by atoms with van der Waals surface area (Å²) in [4.78, 5) is 28.9. The van der Waals surface area contributed by atoms with Gasteiger partial charge in [-0.25, -0.2) is 9.78 Å². The molecule has 2 aromatic carbocycles. The summed E-state index contributed by atoms with van der Waals surface area (Å²) < 4.78 is 44.5. The quantitative estimate of drug-likeness (QED) is 0.363. The first-order valence-corrected chi connectivity index (χ1v) is 13.9. The molecule has 0 spiro atoms. The van der Waals surface area contributed by atoms with Crippen molar-refractivity contribution in [3.8, 4) is 5.75 Å². The number of rotatable bonds is 3. The first-order chi connectivity index (χ1) is 18.9. The van der Waals surface area contributed by atoms with Crippen LogP contribution in [0.25, 0.3) is 21.8 Å². The van der Waals surface area contributed by atoms with E-state index in [4.69, 9.17) is 0 Å². The topological polar surface area (TPSA) is 77.1 Å². The van der Waals surface area contributed by atoms with Crippen LogP contribution < -0.4 is 11.2 Å². The molecule has 0 unspecified atom stereocenters. The minimum absolute atomic E-state index is 0.0866. The van der Waals surface area contributed by atoms with Gasteiger partial charge in [-0.2, -0.15) is 13.2 Å². The van der Waals surface area contributed by atoms with Crippen LogP contribution in [0, 0.1) is 17.8 Å². The van der Waals surface area contributed by atoms with Gasteiger partial charge in [-0.15, -0.1) is 0 Å². The SMILES string of the molecule is Cn1c(=O)c2cc(Cc3c(O)ccc4cc(C56CC7CC(CC(C7)C5)C6)ccc34)c(C(F)(F)F)nc2n(C)c1=O. The molecule has 4 fully saturated rings. The molecule has 9 heteroatoms. The van der Waals surface area contributed by atoms with Gasteiger partial charge in [0.05, 0.1) is 5.39 Å². The fourth-order valence-corrected chi connectivity index (χ4v) is 8.47. The average Bonchev–Trinajstić information content (AvgIpc) is 2.90. The highest BCUT2D eigenvalue weighted by molar-refractivity contribution is 5.89. The van der Waals surface area contributed by atoms with E-state index in [1.54, 1.807) is 0 Å². The standard InChI is InChI=1S/C31H30F3N3O3/c1-36-27-24(28(39)37(2)29(36)40)12-20(26(35-27)31(32,33)34)11-23-22-5-4-21(10-19(22)3-6-25(23)38)30-13-16-7-17(14-30)9-18(8-16)15-30/h3-6,10,12,16-18,38H,7-9,11,13-15H2,1-2H3. The molecule has 4 aliphatic rings. The molecule has 0 aliphatic heterocycles. The molecule has 2 heterocycles. The van der Waals surface area contributed by atoms with Crippen LogP contribution in [0.4, 0.5) is 13.2 Å². The Morgan fingerprint density at radius 2 is 1.57 bits per heavy atom. The zero-order valence-electron chi connectivity index (χ0n) is 22.4. The molecule has 4 aliphatic carbocycles. The largest absolute Gasteiger partial charge is 0.508 e. The van der Waals surface area contributed by atoms with E-state index in [0.29, 0.717) is 10.9 Å². The molecule has 8 rings (SSSR count). The van der Waals surface area contributed by atoms with Crippen molar-refractivity contribution in [3.05, 3.63) is 79.6 Å². The van der Waals surface area contributed by atoms with Gasteiger partial charge in [-0.3, -0.25) is 13.9 Å². The molecule has 4 saturated carbocycles. The number of aromatic nitrogens is 3. The van der Waals surface area contributed by atoms with Crippen LogP contribution in [0.5, 0.6) is 5.75 Å². The Hall–Kier alpha value is -3.62. The fourth-order valence-electron chi connectivity index (χ4n) is 8.47. The fraction of sp³-hybridized carbons (Fsp3) is 0.452. The average molecular weight is 550 g/mol. The van der Waals surface area contributed by atoms with Crippen molar-refractivity contribution >= 4 is 21.8 Å². The Kier molecular flexibility index (Phi) is 5.35. The van der Waals surface area contributed by atoms with Gasteiger partial charge in [0.2, 0.25) is 0 Å². The summed E-state index contributed by atoms with van der Waals surface area (Å²) in [5.41, 5.74) is -1.40. The van der Waals surface area contributed by atoms with E-state index in [1.807, 2.05) is 12.1 Å². The zero-order valence-corrected chi connectivity index (χ0v) is 22.4. The highest BCUT2D eigenvalue weighted by Crippen LogP contribution is 2.61. The minimum Gasteiger partial charge on any atom is -0.508 e. The molecule has 0 radical (unpaired) electrons. The Labute approximate surface area is 228 Å². The lowest BCUT2D eigenvalue weighted by Crippen LogP contribution is -2.48. The Morgan fingerprint density at radius 3 is 2.20 bits per heavy atom. The first kappa shape index (κ1) is 25.4. The second-order valence-corrected chi connectivity index (χ2v) is 12.4. The van der Waals surface area contributed by atoms with Crippen LogP contribution in [0.2, 0.25) is 0 Å². The van der Waals surface area contributed by atoms with Crippen molar-refractivity contribution in [1.82, 2.24) is 14.1 Å². The van der Waals surface area contributed by atoms with Crippen molar-refractivity contribution in [2.45, 2.75) is 56.5 Å². The van der Waals surface area contributed by atoms with Gasteiger partial charge in [-0.1, -0.05) is 24.3 Å². The molecule has 0 atom stereocenters. The number of phenols is 1. The number of fused-ring (bicyclic) bond motifs is 2. The summed E-state index contributed by atoms with van der Waals surface area (Å²) in [6, 6.07) is 10.7. The Bertz CT molecular complexity index is 1800. The highest BCUT2D eigenvalue weighted by Gasteiger charge is 2.51. The molecular formula is C31H30F3N3O3. The maximum Gasteiger partial charge on any atom is 0.433 e. The molecular weight excluding hydrogens is 519 g/mol. The predicted molar refractivity (Wildman–Crippen MR) is 145 cm³/mol. The van der Waals surface area contributed by atoms with Gasteiger partial charge in [0.25, 0.3) is 5.56 Å². The van der Waals surface area contributed by atoms with E-state index >= 15 is 0 Å². The monoisotopic (exact) mass is 549 g/mol. The number of aryl methyl sites for hydroxylation is 1. The maximum absolute atomic E-state index is 14.2. The van der Waals surface area contributed by atoms with Gasteiger partial charge in [0.15, 0.2) is 0 Å². The molecule has 2 aromatic heterocycles. The molecule has 0 amide bonds. The second kappa shape index (κ2) is 8.44. The number of hydrogen-bond donors (Lipinski definition) is 1. The second-order valence-electron chi connectivity index (χ2n) is 12.4. The van der Waals surface area contributed by atoms with Gasteiger partial charge in [-0.05, 0) is 95.7 Å². The van der Waals surface area contributed by atoms with Gasteiger partial charge in [0.1, 0.15) is 17.1 Å². The molecule has 6 nitrogen and oxygen atoms in total. The molecule has 1 N–H and O–H groups in total. The molecule has 4 bridgehead atoms. The normalized spacial score (nSPS) is 25.8. The maximum atomic E-state index is 14.2. The third kappa shape index (κ3) is 3.73. The Balaban J connectivity index is 1.36. The number of benzene rings is 2. The number of nitrogens with zero attached hydrogens (tertiary/aromatic N) is 3. The van der Waals surface area contributed by atoms with Gasteiger partial charge < -0.3 is 5.11 Å². The number of pyridine rings is 1. The van der Waals surface area contributed by atoms with Crippen LogP contribution in [0.3, 0.4) is 0 Å². The van der Waals surface area contributed by atoms with E-state index in [9.17, 15) is 27.9 Å². The highest BCUT2D eigenvalue weighted by atomic mass is 19.4. The summed E-state index contributed by atoms with van der Waals surface area (Å²) in [5.74, 6) is 2.23. The van der Waals surface area contributed by atoms with E-state index < -0.39 is 23.1 Å². The number of halogens is 3. The van der Waals surface area contributed by atoms with Crippen molar-refractivity contribution in [2.24, 2.45) is 31.8 Å². The molecule has 4 aromatic rings. The summed E-state index contributed by atoms with van der Waals surface area (Å²) in [7, 11) is 2.56. The number of alkyl halides is 3. The van der Waals surface area contributed by atoms with Crippen LogP contribution in [0.1, 0.15) is 60.9 Å². The molecule has 208 valence electrons. The van der Waals surface area contributed by atoms with Crippen molar-refractivity contribution in [3.63, 3.8) is 0 Å². The van der Waals surface area contributed by atoms with Crippen molar-refractivity contribution in [2.75, 3.05) is 0 Å². The number of phenolic OH excluding ortho intramolecular Hbond substituents is 1. The van der Waals surface area contributed by atoms with Gasteiger partial charge >= 0.3 is 11.9 Å². The van der Waals surface area contributed by atoms with E-state index in [1.165, 1.54) is 64.3 Å². The van der Waals surface area contributed by atoms with E-state index in [2.05, 4.69) is 17.1 Å². The van der Waals surface area contributed by atoms with E-state index in [0.717, 1.165) is 38.3 Å². The van der Waals surface area contributed by atoms with Crippen LogP contribution in [-0.4, -0.2) is 19.2 Å². The third-order valence-electron chi connectivity index (χ3n) is 9.90. The Morgan fingerprint density at radius 1 is 0.925 bits per heavy atom. The van der Waals surface area contributed by atoms with Crippen molar-refractivity contribution in [1.29, 1.82) is 0 Å². The molecule has 0 saturated heterocycles. The summed E-state index contributed by atoms with van der Waals surface area (Å²) >= 11 is 0. The first-order valence-electron chi connectivity index (χ1n) is 13.9. The zero-order chi connectivity index (χ0) is 28.1. The lowest BCUT2D eigenvalue weighted by Gasteiger charge is -2.57. The van der Waals surface area contributed by atoms with Crippen LogP contribution in [0.15, 0.2) is 46.0 Å². The third-order valence-corrected chi connectivity index (χ3v) is 9.90. The minimum atomic E-state index is -4.83. The summed E-state index contributed by atoms with van der Waals surface area (Å²) in [5, 5.41) is 12.3. The summed E-state index contributed by atoms with van der Waals surface area (Å²) in [6.45, 7) is 0. The smallest absolute Gasteiger partial charge is 0.433 e. The van der Waals surface area contributed by atoms with E-state index in [-0.39, 0.29) is 34.2 Å². The summed E-state index contributed by atoms with van der Waals surface area (Å²) in [6.07, 6.45) is 2.51. The van der Waals surface area contributed by atoms with Crippen LogP contribution >= 0.6 is 0 Å². The number of hydrogen-bond acceptors (Lipinski definition) is 4. The molecule has 40 heavy (non-hydrogen) atoms. The lowest BCUT2D eigenvalue weighted by atomic mass is 9.48. The van der Waals surface area contributed by atoms with Crippen molar-refractivity contribution < 1.29 is 18.3 Å². The predicted octanol–water partition coefficient (Wildman–Crippen LogP) is 5.57. The van der Waals surface area contributed by atoms with Crippen LogP contribution in [-0.2, 0) is 32.1 Å². The van der Waals surface area contributed by atoms with Gasteiger partial charge in [0, 0.05) is 26.1 Å². The lowest BCUT2D eigenvalue weighted by molar-refractivity contribution is -0.141. The number of aromatic hydroxyl groups is 1.